The Hall–Kier alpha value is -2.60. The summed E-state index contributed by atoms with van der Waals surface area (Å²) in [5.41, 5.74) is 2.81. The summed E-state index contributed by atoms with van der Waals surface area (Å²) in [4.78, 5) is 41.1. The van der Waals surface area contributed by atoms with Crippen LogP contribution in [0.4, 0.5) is 5.69 Å². The van der Waals surface area contributed by atoms with Crippen molar-refractivity contribution < 1.29 is 14.4 Å². The van der Waals surface area contributed by atoms with E-state index in [-0.39, 0.29) is 24.1 Å². The number of carbonyl (C=O) groups is 3. The van der Waals surface area contributed by atoms with Crippen molar-refractivity contribution in [1.82, 2.24) is 9.88 Å². The molecule has 2 N–H and O–H groups in total. The number of ketones is 1. The molecule has 138 valence electrons. The van der Waals surface area contributed by atoms with Crippen LogP contribution in [-0.4, -0.2) is 41.1 Å². The first-order valence-electron chi connectivity index (χ1n) is 8.27. The zero-order valence-corrected chi connectivity index (χ0v) is 16.0. The van der Waals surface area contributed by atoms with Crippen molar-refractivity contribution >= 4 is 34.9 Å². The molecule has 2 amide bonds. The van der Waals surface area contributed by atoms with Gasteiger partial charge in [-0.2, -0.15) is 0 Å². The number of aryl methyl sites for hydroxylation is 1. The van der Waals surface area contributed by atoms with Crippen LogP contribution in [0.1, 0.15) is 46.0 Å². The van der Waals surface area contributed by atoms with Crippen LogP contribution in [0.3, 0.4) is 0 Å². The van der Waals surface area contributed by atoms with E-state index in [1.54, 1.807) is 38.2 Å². The lowest BCUT2D eigenvalue weighted by atomic mass is 10.0. The standard InChI is InChI=1S/C19H22ClN3O3/c1-5-15-17(12(3)24)11(2)21-18(15)19(26)23(4)10-16(25)22-14-8-6-7-13(20)9-14/h6-9,21H,5,10H2,1-4H3,(H,22,25). The topological polar surface area (TPSA) is 82.3 Å². The first kappa shape index (κ1) is 19.7. The predicted molar refractivity (Wildman–Crippen MR) is 102 cm³/mol. The molecule has 0 saturated carbocycles. The number of rotatable bonds is 6. The summed E-state index contributed by atoms with van der Waals surface area (Å²) in [6, 6.07) is 6.78. The number of nitrogens with one attached hydrogen (secondary N) is 2. The van der Waals surface area contributed by atoms with Crippen molar-refractivity contribution in [3.8, 4) is 0 Å². The van der Waals surface area contributed by atoms with Crippen molar-refractivity contribution in [2.45, 2.75) is 27.2 Å². The van der Waals surface area contributed by atoms with E-state index in [4.69, 9.17) is 11.6 Å². The number of aromatic nitrogens is 1. The Bertz CT molecular complexity index is 858. The average Bonchev–Trinajstić information content (AvgIpc) is 2.90. The van der Waals surface area contributed by atoms with Crippen LogP contribution in [0.2, 0.25) is 5.02 Å². The second-order valence-electron chi connectivity index (χ2n) is 6.11. The van der Waals surface area contributed by atoms with Gasteiger partial charge in [0.2, 0.25) is 5.91 Å². The summed E-state index contributed by atoms with van der Waals surface area (Å²) in [5, 5.41) is 3.21. The maximum absolute atomic E-state index is 12.7. The fraction of sp³-hybridized carbons (Fsp3) is 0.316. The number of aromatic amines is 1. The minimum atomic E-state index is -0.337. The average molecular weight is 376 g/mol. The van der Waals surface area contributed by atoms with Gasteiger partial charge in [-0.05, 0) is 44.0 Å². The molecule has 6 nitrogen and oxygen atoms in total. The molecular formula is C19H22ClN3O3. The normalized spacial score (nSPS) is 10.5. The highest BCUT2D eigenvalue weighted by Gasteiger charge is 2.24. The lowest BCUT2D eigenvalue weighted by Gasteiger charge is -2.17. The van der Waals surface area contributed by atoms with Gasteiger partial charge in [0.15, 0.2) is 5.78 Å². The molecule has 2 rings (SSSR count). The number of nitrogens with zero attached hydrogens (tertiary/aromatic N) is 1. The smallest absolute Gasteiger partial charge is 0.270 e. The molecule has 0 radical (unpaired) electrons. The van der Waals surface area contributed by atoms with Gasteiger partial charge < -0.3 is 15.2 Å². The summed E-state index contributed by atoms with van der Waals surface area (Å²) < 4.78 is 0. The van der Waals surface area contributed by atoms with Crippen molar-refractivity contribution in [2.75, 3.05) is 18.9 Å². The lowest BCUT2D eigenvalue weighted by Crippen LogP contribution is -2.35. The number of anilines is 1. The van der Waals surface area contributed by atoms with E-state index in [2.05, 4.69) is 10.3 Å². The molecule has 0 bridgehead atoms. The Morgan fingerprint density at radius 1 is 1.27 bits per heavy atom. The largest absolute Gasteiger partial charge is 0.354 e. The molecule has 0 unspecified atom stereocenters. The number of H-pyrrole nitrogens is 1. The van der Waals surface area contributed by atoms with Crippen LogP contribution in [0.15, 0.2) is 24.3 Å². The molecule has 0 spiro atoms. The summed E-state index contributed by atoms with van der Waals surface area (Å²) in [5.74, 6) is -0.758. The third-order valence-corrected chi connectivity index (χ3v) is 4.28. The molecule has 0 aliphatic rings. The molecule has 0 aliphatic heterocycles. The van der Waals surface area contributed by atoms with Gasteiger partial charge in [0.25, 0.3) is 5.91 Å². The third-order valence-electron chi connectivity index (χ3n) is 4.05. The Morgan fingerprint density at radius 2 is 1.96 bits per heavy atom. The summed E-state index contributed by atoms with van der Waals surface area (Å²) >= 11 is 5.89. The van der Waals surface area contributed by atoms with Gasteiger partial charge in [-0.15, -0.1) is 0 Å². The summed E-state index contributed by atoms with van der Waals surface area (Å²) in [6.45, 7) is 5.00. The second-order valence-corrected chi connectivity index (χ2v) is 6.54. The van der Waals surface area contributed by atoms with Gasteiger partial charge in [-0.25, -0.2) is 0 Å². The van der Waals surface area contributed by atoms with E-state index >= 15 is 0 Å². The number of hydrogen-bond acceptors (Lipinski definition) is 3. The maximum Gasteiger partial charge on any atom is 0.270 e. The molecule has 0 aliphatic carbocycles. The fourth-order valence-corrected chi connectivity index (χ4v) is 3.12. The second kappa shape index (κ2) is 8.19. The third kappa shape index (κ3) is 4.32. The van der Waals surface area contributed by atoms with Crippen LogP contribution in [0.5, 0.6) is 0 Å². The molecule has 2 aromatic rings. The number of benzene rings is 1. The van der Waals surface area contributed by atoms with E-state index in [1.165, 1.54) is 11.8 Å². The van der Waals surface area contributed by atoms with E-state index < -0.39 is 0 Å². The quantitative estimate of drug-likeness (QED) is 0.758. The molecule has 1 heterocycles. The van der Waals surface area contributed by atoms with Crippen molar-refractivity contribution in [1.29, 1.82) is 0 Å². The van der Waals surface area contributed by atoms with Crippen LogP contribution in [-0.2, 0) is 11.2 Å². The Labute approximate surface area is 157 Å². The van der Waals surface area contributed by atoms with E-state index in [0.717, 1.165) is 0 Å². The molecule has 26 heavy (non-hydrogen) atoms. The zero-order chi connectivity index (χ0) is 19.4. The van der Waals surface area contributed by atoms with E-state index in [1.807, 2.05) is 6.92 Å². The monoisotopic (exact) mass is 375 g/mol. The number of halogens is 1. The van der Waals surface area contributed by atoms with Crippen LogP contribution in [0, 0.1) is 6.92 Å². The first-order chi connectivity index (χ1) is 12.2. The molecule has 1 aromatic carbocycles. The number of likely N-dealkylation sites (N-methyl/N-ethyl adjacent to an activating group) is 1. The minimum absolute atomic E-state index is 0.0870. The summed E-state index contributed by atoms with van der Waals surface area (Å²) in [7, 11) is 1.54. The fourth-order valence-electron chi connectivity index (χ4n) is 2.93. The van der Waals surface area contributed by atoms with Crippen LogP contribution >= 0.6 is 11.6 Å². The zero-order valence-electron chi connectivity index (χ0n) is 15.3. The minimum Gasteiger partial charge on any atom is -0.354 e. The van der Waals surface area contributed by atoms with Crippen LogP contribution < -0.4 is 5.32 Å². The Morgan fingerprint density at radius 3 is 2.54 bits per heavy atom. The van der Waals surface area contributed by atoms with Gasteiger partial charge in [0.1, 0.15) is 5.69 Å². The van der Waals surface area contributed by atoms with Gasteiger partial charge in [0, 0.05) is 29.0 Å². The number of carbonyl (C=O) groups excluding carboxylic acids is 3. The molecule has 7 heteroatoms. The summed E-state index contributed by atoms with van der Waals surface area (Å²) in [6.07, 6.45) is 0.545. The van der Waals surface area contributed by atoms with Crippen molar-refractivity contribution in [3.63, 3.8) is 0 Å². The van der Waals surface area contributed by atoms with Crippen molar-refractivity contribution in [2.24, 2.45) is 0 Å². The van der Waals surface area contributed by atoms with Gasteiger partial charge in [-0.1, -0.05) is 24.6 Å². The first-order valence-corrected chi connectivity index (χ1v) is 8.65. The maximum atomic E-state index is 12.7. The SMILES string of the molecule is CCc1c(C(=O)N(C)CC(=O)Nc2cccc(Cl)c2)[nH]c(C)c1C(C)=O. The van der Waals surface area contributed by atoms with Crippen molar-refractivity contribution in [3.05, 3.63) is 51.8 Å². The number of Topliss-reactive ketones (excluding diaryl/α,β-unsaturated/α-hetero) is 1. The van der Waals surface area contributed by atoms with Gasteiger partial charge in [-0.3, -0.25) is 14.4 Å². The molecule has 1 aromatic heterocycles. The molecule has 0 saturated heterocycles. The van der Waals surface area contributed by atoms with Gasteiger partial charge >= 0.3 is 0 Å². The Balaban J connectivity index is 2.13. The highest BCUT2D eigenvalue weighted by Crippen LogP contribution is 2.21. The number of amides is 2. The highest BCUT2D eigenvalue weighted by atomic mass is 35.5. The Kier molecular flexibility index (Phi) is 6.21. The molecular weight excluding hydrogens is 354 g/mol. The predicted octanol–water partition coefficient (Wildman–Crippen LogP) is 3.45. The van der Waals surface area contributed by atoms with E-state index in [9.17, 15) is 14.4 Å². The molecule has 0 atom stereocenters. The van der Waals surface area contributed by atoms with Crippen LogP contribution in [0.25, 0.3) is 0 Å². The number of hydrogen-bond donors (Lipinski definition) is 2. The van der Waals surface area contributed by atoms with Gasteiger partial charge in [0.05, 0.1) is 6.54 Å². The lowest BCUT2D eigenvalue weighted by molar-refractivity contribution is -0.116. The van der Waals surface area contributed by atoms with E-state index in [0.29, 0.717) is 39.6 Å². The highest BCUT2D eigenvalue weighted by molar-refractivity contribution is 6.30. The molecule has 0 fully saturated rings.